The van der Waals surface area contributed by atoms with Gasteiger partial charge in [-0.3, -0.25) is 9.59 Å². The minimum atomic E-state index is -0.350. The van der Waals surface area contributed by atoms with Crippen LogP contribution in [0.1, 0.15) is 50.8 Å². The lowest BCUT2D eigenvalue weighted by Crippen LogP contribution is -2.43. The zero-order valence-electron chi connectivity index (χ0n) is 23.4. The van der Waals surface area contributed by atoms with E-state index in [4.69, 9.17) is 24.0 Å². The third-order valence-electron chi connectivity index (χ3n) is 6.31. The SMILES string of the molecule is COCCN(CC(=O)N1N=C(c2ccc(OC)cc2OC)C[C@H]1c1ccc(OC)cc1)C(=O)CC(C)(C)C. The van der Waals surface area contributed by atoms with Crippen molar-refractivity contribution in [2.24, 2.45) is 10.5 Å². The van der Waals surface area contributed by atoms with E-state index in [-0.39, 0.29) is 29.8 Å². The van der Waals surface area contributed by atoms with E-state index >= 15 is 0 Å². The predicted octanol–water partition coefficient (Wildman–Crippen LogP) is 4.30. The number of hydrogen-bond acceptors (Lipinski definition) is 7. The highest BCUT2D eigenvalue weighted by molar-refractivity contribution is 6.05. The summed E-state index contributed by atoms with van der Waals surface area (Å²) >= 11 is 0. The normalized spacial score (nSPS) is 15.2. The number of amides is 2. The molecule has 1 heterocycles. The van der Waals surface area contributed by atoms with Gasteiger partial charge >= 0.3 is 0 Å². The summed E-state index contributed by atoms with van der Waals surface area (Å²) in [5, 5.41) is 6.26. The maximum atomic E-state index is 13.7. The van der Waals surface area contributed by atoms with Crippen LogP contribution in [0.3, 0.4) is 0 Å². The summed E-state index contributed by atoms with van der Waals surface area (Å²) in [5.41, 5.74) is 2.20. The molecule has 0 aromatic heterocycles. The molecule has 0 saturated heterocycles. The van der Waals surface area contributed by atoms with Gasteiger partial charge in [0, 0.05) is 38.1 Å². The Bertz CT molecular complexity index is 1140. The second-order valence-corrected chi connectivity index (χ2v) is 10.4. The van der Waals surface area contributed by atoms with Gasteiger partial charge < -0.3 is 23.8 Å². The van der Waals surface area contributed by atoms with E-state index in [1.807, 2.05) is 57.2 Å². The zero-order valence-corrected chi connectivity index (χ0v) is 23.4. The third-order valence-corrected chi connectivity index (χ3v) is 6.31. The minimum absolute atomic E-state index is 0.0934. The molecular weight excluding hydrogens is 486 g/mol. The van der Waals surface area contributed by atoms with Crippen molar-refractivity contribution in [3.63, 3.8) is 0 Å². The molecule has 0 radical (unpaired) electrons. The van der Waals surface area contributed by atoms with Gasteiger partial charge in [-0.05, 0) is 35.2 Å². The van der Waals surface area contributed by atoms with Gasteiger partial charge in [-0.25, -0.2) is 5.01 Å². The van der Waals surface area contributed by atoms with Gasteiger partial charge in [0.1, 0.15) is 23.8 Å². The monoisotopic (exact) mass is 525 g/mol. The first-order chi connectivity index (χ1) is 18.1. The zero-order chi connectivity index (χ0) is 27.9. The molecule has 0 unspecified atom stereocenters. The summed E-state index contributed by atoms with van der Waals surface area (Å²) in [6.45, 7) is 6.56. The molecular formula is C29H39N3O6. The number of ether oxygens (including phenoxy) is 4. The molecule has 0 fully saturated rings. The summed E-state index contributed by atoms with van der Waals surface area (Å²) < 4.78 is 21.5. The number of nitrogens with zero attached hydrogens (tertiary/aromatic N) is 3. The van der Waals surface area contributed by atoms with Crippen LogP contribution in [-0.4, -0.2) is 75.6 Å². The number of carbonyl (C=O) groups is 2. The summed E-state index contributed by atoms with van der Waals surface area (Å²) in [4.78, 5) is 28.4. The van der Waals surface area contributed by atoms with Crippen molar-refractivity contribution in [3.8, 4) is 17.2 Å². The first-order valence-corrected chi connectivity index (χ1v) is 12.6. The van der Waals surface area contributed by atoms with Crippen LogP contribution in [0.4, 0.5) is 0 Å². The maximum Gasteiger partial charge on any atom is 0.262 e. The number of hydrogen-bond donors (Lipinski definition) is 0. The van der Waals surface area contributed by atoms with E-state index < -0.39 is 0 Å². The molecule has 0 saturated carbocycles. The van der Waals surface area contributed by atoms with Crippen LogP contribution < -0.4 is 14.2 Å². The molecule has 38 heavy (non-hydrogen) atoms. The van der Waals surface area contributed by atoms with E-state index in [2.05, 4.69) is 0 Å². The Morgan fingerprint density at radius 3 is 2.21 bits per heavy atom. The number of carbonyl (C=O) groups excluding carboxylic acids is 2. The van der Waals surface area contributed by atoms with E-state index in [1.165, 1.54) is 5.01 Å². The smallest absolute Gasteiger partial charge is 0.262 e. The van der Waals surface area contributed by atoms with Crippen LogP contribution in [0.2, 0.25) is 0 Å². The number of hydrazone groups is 1. The Morgan fingerprint density at radius 1 is 0.974 bits per heavy atom. The van der Waals surface area contributed by atoms with Crippen molar-refractivity contribution >= 4 is 17.5 Å². The van der Waals surface area contributed by atoms with Crippen LogP contribution in [0.15, 0.2) is 47.6 Å². The average molecular weight is 526 g/mol. The molecule has 3 rings (SSSR count). The molecule has 0 aliphatic carbocycles. The number of rotatable bonds is 11. The Labute approximate surface area is 225 Å². The first-order valence-electron chi connectivity index (χ1n) is 12.6. The van der Waals surface area contributed by atoms with Crippen molar-refractivity contribution in [1.82, 2.24) is 9.91 Å². The fourth-order valence-corrected chi connectivity index (χ4v) is 4.32. The van der Waals surface area contributed by atoms with Gasteiger partial charge in [-0.2, -0.15) is 5.10 Å². The molecule has 0 spiro atoms. The third kappa shape index (κ3) is 7.25. The van der Waals surface area contributed by atoms with Gasteiger partial charge in [0.15, 0.2) is 0 Å². The fraction of sp³-hybridized carbons (Fsp3) is 0.483. The van der Waals surface area contributed by atoms with Crippen LogP contribution in [0.25, 0.3) is 0 Å². The number of methoxy groups -OCH3 is 4. The minimum Gasteiger partial charge on any atom is -0.497 e. The van der Waals surface area contributed by atoms with Crippen molar-refractivity contribution in [3.05, 3.63) is 53.6 Å². The molecule has 1 aliphatic rings. The molecule has 1 aliphatic heterocycles. The van der Waals surface area contributed by atoms with Crippen LogP contribution in [-0.2, 0) is 14.3 Å². The van der Waals surface area contributed by atoms with E-state index in [1.54, 1.807) is 39.4 Å². The van der Waals surface area contributed by atoms with Gasteiger partial charge in [-0.15, -0.1) is 0 Å². The molecule has 9 nitrogen and oxygen atoms in total. The van der Waals surface area contributed by atoms with Crippen molar-refractivity contribution < 1.29 is 28.5 Å². The highest BCUT2D eigenvalue weighted by atomic mass is 16.5. The van der Waals surface area contributed by atoms with Gasteiger partial charge in [0.25, 0.3) is 5.91 Å². The Morgan fingerprint density at radius 2 is 1.63 bits per heavy atom. The Hall–Kier alpha value is -3.59. The van der Waals surface area contributed by atoms with Crippen molar-refractivity contribution in [2.45, 2.75) is 39.7 Å². The van der Waals surface area contributed by atoms with E-state index in [0.29, 0.717) is 43.2 Å². The summed E-state index contributed by atoms with van der Waals surface area (Å²) in [7, 11) is 6.37. The summed E-state index contributed by atoms with van der Waals surface area (Å²) in [6.07, 6.45) is 0.804. The quantitative estimate of drug-likeness (QED) is 0.435. The molecule has 2 aromatic rings. The second-order valence-electron chi connectivity index (χ2n) is 10.4. The van der Waals surface area contributed by atoms with Crippen molar-refractivity contribution in [1.29, 1.82) is 0 Å². The second kappa shape index (κ2) is 12.8. The largest absolute Gasteiger partial charge is 0.497 e. The highest BCUT2D eigenvalue weighted by Gasteiger charge is 2.35. The summed E-state index contributed by atoms with van der Waals surface area (Å²) in [6, 6.07) is 12.8. The van der Waals surface area contributed by atoms with Crippen LogP contribution in [0, 0.1) is 5.41 Å². The molecule has 0 N–H and O–H groups in total. The van der Waals surface area contributed by atoms with E-state index in [9.17, 15) is 9.59 Å². The molecule has 2 amide bonds. The topological polar surface area (TPSA) is 89.9 Å². The average Bonchev–Trinajstić information content (AvgIpc) is 3.35. The highest BCUT2D eigenvalue weighted by Crippen LogP contribution is 2.37. The first kappa shape index (κ1) is 29.0. The van der Waals surface area contributed by atoms with E-state index in [0.717, 1.165) is 16.9 Å². The van der Waals surface area contributed by atoms with Crippen LogP contribution in [0.5, 0.6) is 17.2 Å². The lowest BCUT2D eigenvalue weighted by molar-refractivity contribution is -0.143. The molecule has 9 heteroatoms. The van der Waals surface area contributed by atoms with Crippen molar-refractivity contribution in [2.75, 3.05) is 48.1 Å². The molecule has 1 atom stereocenters. The van der Waals surface area contributed by atoms with Gasteiger partial charge in [-0.1, -0.05) is 32.9 Å². The molecule has 206 valence electrons. The lowest BCUT2D eigenvalue weighted by atomic mass is 9.91. The standard InChI is InChI=1S/C29H39N3O6/c1-29(2,3)18-27(33)31(14-15-35-4)19-28(34)32-25(20-8-10-21(36-5)11-9-20)17-24(30-32)23-13-12-22(37-6)16-26(23)38-7/h8-13,16,25H,14-15,17-19H2,1-7H3/t25-/m0/s1. The molecule has 0 bridgehead atoms. The number of benzene rings is 2. The lowest BCUT2D eigenvalue weighted by Gasteiger charge is -2.29. The molecule has 2 aromatic carbocycles. The Kier molecular flexibility index (Phi) is 9.74. The summed E-state index contributed by atoms with van der Waals surface area (Å²) in [5.74, 6) is 1.62. The van der Waals surface area contributed by atoms with Crippen LogP contribution >= 0.6 is 0 Å². The Balaban J connectivity index is 1.96. The fourth-order valence-electron chi connectivity index (χ4n) is 4.32. The van der Waals surface area contributed by atoms with Gasteiger partial charge in [0.05, 0.1) is 39.7 Å². The van der Waals surface area contributed by atoms with Gasteiger partial charge in [0.2, 0.25) is 5.91 Å². The predicted molar refractivity (Wildman–Crippen MR) is 146 cm³/mol. The maximum absolute atomic E-state index is 13.7.